The molecule has 0 spiro atoms. The maximum absolute atomic E-state index is 12.8. The molecule has 0 aliphatic heterocycles. The van der Waals surface area contributed by atoms with Crippen molar-refractivity contribution in [2.75, 3.05) is 11.5 Å². The van der Waals surface area contributed by atoms with Crippen LogP contribution in [0.1, 0.15) is 53.5 Å². The van der Waals surface area contributed by atoms with E-state index in [0.717, 1.165) is 22.5 Å². The number of nitrogens with one attached hydrogen (secondary N) is 1. The quantitative estimate of drug-likeness (QED) is 0.642. The number of rotatable bonds is 9. The van der Waals surface area contributed by atoms with Crippen molar-refractivity contribution in [1.29, 1.82) is 0 Å². The van der Waals surface area contributed by atoms with Gasteiger partial charge in [-0.05, 0) is 50.5 Å². The Morgan fingerprint density at radius 2 is 1.79 bits per heavy atom. The molecule has 0 unspecified atom stereocenters. The second kappa shape index (κ2) is 9.73. The van der Waals surface area contributed by atoms with Crippen LogP contribution in [-0.4, -0.2) is 34.5 Å². The number of hydrogen-bond donors (Lipinski definition) is 2. The van der Waals surface area contributed by atoms with E-state index >= 15 is 0 Å². The summed E-state index contributed by atoms with van der Waals surface area (Å²) in [6.45, 7) is 5.98. The maximum Gasteiger partial charge on any atom is 0.355 e. The molecular formula is C21H26N2O5. The van der Waals surface area contributed by atoms with Gasteiger partial charge in [-0.3, -0.25) is 9.59 Å². The van der Waals surface area contributed by atoms with Gasteiger partial charge in [0.1, 0.15) is 5.69 Å². The highest BCUT2D eigenvalue weighted by atomic mass is 16.5. The van der Waals surface area contributed by atoms with Crippen molar-refractivity contribution in [3.8, 4) is 0 Å². The Labute approximate surface area is 164 Å². The SMILES string of the molecule is CCOC(=O)c1[nH]c(C)c(CN(C(=O)CCCC(=O)O)c2ccccc2)c1C. The van der Waals surface area contributed by atoms with E-state index in [4.69, 9.17) is 9.84 Å². The van der Waals surface area contributed by atoms with Crippen LogP contribution in [-0.2, 0) is 20.9 Å². The summed E-state index contributed by atoms with van der Waals surface area (Å²) in [4.78, 5) is 40.4. The molecule has 28 heavy (non-hydrogen) atoms. The van der Waals surface area contributed by atoms with Crippen LogP contribution in [0.5, 0.6) is 0 Å². The molecule has 0 aliphatic carbocycles. The summed E-state index contributed by atoms with van der Waals surface area (Å²) in [5.74, 6) is -1.51. The van der Waals surface area contributed by atoms with Crippen LogP contribution in [0.15, 0.2) is 30.3 Å². The van der Waals surface area contributed by atoms with Crippen LogP contribution in [0.4, 0.5) is 5.69 Å². The van der Waals surface area contributed by atoms with Crippen molar-refractivity contribution >= 4 is 23.5 Å². The van der Waals surface area contributed by atoms with Gasteiger partial charge in [-0.2, -0.15) is 0 Å². The molecule has 2 N–H and O–H groups in total. The fourth-order valence-corrected chi connectivity index (χ4v) is 3.05. The minimum atomic E-state index is -0.921. The van der Waals surface area contributed by atoms with E-state index in [0.29, 0.717) is 5.69 Å². The number of nitrogens with zero attached hydrogens (tertiary/aromatic N) is 1. The molecule has 2 aromatic rings. The number of H-pyrrole nitrogens is 1. The summed E-state index contributed by atoms with van der Waals surface area (Å²) in [5, 5.41) is 8.82. The van der Waals surface area contributed by atoms with E-state index in [1.165, 1.54) is 0 Å². The number of carbonyl (C=O) groups is 3. The van der Waals surface area contributed by atoms with Gasteiger partial charge in [0.25, 0.3) is 0 Å². The minimum absolute atomic E-state index is 0.0520. The summed E-state index contributed by atoms with van der Waals surface area (Å²) in [6, 6.07) is 9.21. The van der Waals surface area contributed by atoms with Crippen LogP contribution in [0.2, 0.25) is 0 Å². The Hall–Kier alpha value is -3.09. The summed E-state index contributed by atoms with van der Waals surface area (Å²) < 4.78 is 5.08. The van der Waals surface area contributed by atoms with Gasteiger partial charge >= 0.3 is 11.9 Å². The van der Waals surface area contributed by atoms with Gasteiger partial charge in [0.05, 0.1) is 13.2 Å². The number of aryl methyl sites for hydroxylation is 1. The summed E-state index contributed by atoms with van der Waals surface area (Å²) >= 11 is 0. The molecule has 1 amide bonds. The molecule has 0 saturated heterocycles. The Bertz CT molecular complexity index is 842. The lowest BCUT2D eigenvalue weighted by Crippen LogP contribution is -2.30. The van der Waals surface area contributed by atoms with Gasteiger partial charge in [0.2, 0.25) is 5.91 Å². The number of carbonyl (C=O) groups excluding carboxylic acids is 2. The third-order valence-corrected chi connectivity index (χ3v) is 4.54. The number of aromatic amines is 1. The number of aliphatic carboxylic acids is 1. The zero-order valence-corrected chi connectivity index (χ0v) is 16.4. The third kappa shape index (κ3) is 5.22. The zero-order valence-electron chi connectivity index (χ0n) is 16.4. The molecule has 150 valence electrons. The molecule has 7 nitrogen and oxygen atoms in total. The largest absolute Gasteiger partial charge is 0.481 e. The van der Waals surface area contributed by atoms with E-state index in [1.807, 2.05) is 44.2 Å². The molecule has 7 heteroatoms. The Balaban J connectivity index is 2.29. The van der Waals surface area contributed by atoms with Crippen LogP contribution >= 0.6 is 0 Å². The second-order valence-corrected chi connectivity index (χ2v) is 6.51. The summed E-state index contributed by atoms with van der Waals surface area (Å²) in [7, 11) is 0. The van der Waals surface area contributed by atoms with Gasteiger partial charge in [-0.15, -0.1) is 0 Å². The van der Waals surface area contributed by atoms with E-state index in [2.05, 4.69) is 4.98 Å². The molecule has 0 fully saturated rings. The Morgan fingerprint density at radius 1 is 1.11 bits per heavy atom. The average molecular weight is 386 g/mol. The third-order valence-electron chi connectivity index (χ3n) is 4.54. The standard InChI is InChI=1S/C21H26N2O5/c1-4-28-21(27)20-14(2)17(15(3)22-20)13-23(16-9-6-5-7-10-16)18(24)11-8-12-19(25)26/h5-7,9-10,22H,4,8,11-13H2,1-3H3,(H,25,26). The smallest absolute Gasteiger partial charge is 0.355 e. The Kier molecular flexibility index (Phi) is 7.37. The van der Waals surface area contributed by atoms with Gasteiger partial charge in [-0.1, -0.05) is 18.2 Å². The van der Waals surface area contributed by atoms with Crippen LogP contribution in [0.25, 0.3) is 0 Å². The van der Waals surface area contributed by atoms with Crippen molar-refractivity contribution in [2.24, 2.45) is 0 Å². The fourth-order valence-electron chi connectivity index (χ4n) is 3.05. The molecule has 1 heterocycles. The van der Waals surface area contributed by atoms with Crippen LogP contribution in [0.3, 0.4) is 0 Å². The first kappa shape index (κ1) is 21.2. The number of ether oxygens (including phenoxy) is 1. The molecule has 1 aromatic heterocycles. The van der Waals surface area contributed by atoms with Crippen molar-refractivity contribution in [3.63, 3.8) is 0 Å². The maximum atomic E-state index is 12.8. The van der Waals surface area contributed by atoms with Crippen LogP contribution in [0, 0.1) is 13.8 Å². The fraction of sp³-hybridized carbons (Fsp3) is 0.381. The van der Waals surface area contributed by atoms with E-state index < -0.39 is 11.9 Å². The van der Waals surface area contributed by atoms with E-state index in [-0.39, 0.29) is 38.3 Å². The zero-order chi connectivity index (χ0) is 20.7. The molecular weight excluding hydrogens is 360 g/mol. The second-order valence-electron chi connectivity index (χ2n) is 6.51. The lowest BCUT2D eigenvalue weighted by atomic mass is 10.1. The number of aromatic nitrogens is 1. The number of esters is 1. The number of benzene rings is 1. The molecule has 0 aliphatic rings. The van der Waals surface area contributed by atoms with Crippen molar-refractivity contribution in [2.45, 2.75) is 46.6 Å². The highest BCUT2D eigenvalue weighted by Gasteiger charge is 2.23. The number of anilines is 1. The topological polar surface area (TPSA) is 99.7 Å². The molecule has 2 rings (SSSR count). The number of para-hydroxylation sites is 1. The molecule has 0 bridgehead atoms. The lowest BCUT2D eigenvalue weighted by molar-refractivity contribution is -0.137. The number of carboxylic acid groups (broad SMARTS) is 1. The normalized spacial score (nSPS) is 10.5. The average Bonchev–Trinajstić information content (AvgIpc) is 2.94. The molecule has 0 atom stereocenters. The number of carboxylic acids is 1. The summed E-state index contributed by atoms with van der Waals surface area (Å²) in [5.41, 5.74) is 3.50. The number of hydrogen-bond acceptors (Lipinski definition) is 4. The predicted octanol–water partition coefficient (Wildman–Crippen LogP) is 3.60. The van der Waals surface area contributed by atoms with Crippen molar-refractivity contribution in [1.82, 2.24) is 4.98 Å². The molecule has 1 aromatic carbocycles. The minimum Gasteiger partial charge on any atom is -0.481 e. The first-order chi connectivity index (χ1) is 13.3. The van der Waals surface area contributed by atoms with Crippen LogP contribution < -0.4 is 4.90 Å². The van der Waals surface area contributed by atoms with E-state index in [1.54, 1.807) is 11.8 Å². The lowest BCUT2D eigenvalue weighted by Gasteiger charge is -2.23. The van der Waals surface area contributed by atoms with E-state index in [9.17, 15) is 14.4 Å². The van der Waals surface area contributed by atoms with Gasteiger partial charge in [-0.25, -0.2) is 4.79 Å². The van der Waals surface area contributed by atoms with Crippen molar-refractivity contribution in [3.05, 3.63) is 52.8 Å². The first-order valence-corrected chi connectivity index (χ1v) is 9.27. The van der Waals surface area contributed by atoms with Gasteiger partial charge < -0.3 is 19.7 Å². The van der Waals surface area contributed by atoms with Gasteiger partial charge in [0, 0.05) is 24.2 Å². The highest BCUT2D eigenvalue weighted by Crippen LogP contribution is 2.25. The number of amides is 1. The molecule has 0 radical (unpaired) electrons. The first-order valence-electron chi connectivity index (χ1n) is 9.27. The molecule has 0 saturated carbocycles. The summed E-state index contributed by atoms with van der Waals surface area (Å²) in [6.07, 6.45) is 0.356. The Morgan fingerprint density at radius 3 is 2.39 bits per heavy atom. The predicted molar refractivity (Wildman–Crippen MR) is 105 cm³/mol. The highest BCUT2D eigenvalue weighted by molar-refractivity contribution is 5.94. The van der Waals surface area contributed by atoms with Crippen molar-refractivity contribution < 1.29 is 24.2 Å². The van der Waals surface area contributed by atoms with Gasteiger partial charge in [0.15, 0.2) is 0 Å². The monoisotopic (exact) mass is 386 g/mol.